The van der Waals surface area contributed by atoms with E-state index in [0.717, 1.165) is 38.1 Å². The van der Waals surface area contributed by atoms with Crippen LogP contribution in [0.25, 0.3) is 0 Å². The molecule has 134 valence electrons. The number of hydrogen-bond donors (Lipinski definition) is 1. The highest BCUT2D eigenvalue weighted by molar-refractivity contribution is 14.0. The Morgan fingerprint density at radius 2 is 1.83 bits per heavy atom. The van der Waals surface area contributed by atoms with Crippen molar-refractivity contribution in [2.75, 3.05) is 45.9 Å². The van der Waals surface area contributed by atoms with E-state index in [1.54, 1.807) is 4.90 Å². The molecule has 1 saturated carbocycles. The predicted octanol–water partition coefficient (Wildman–Crippen LogP) is 2.53. The highest BCUT2D eigenvalue weighted by atomic mass is 127. The van der Waals surface area contributed by atoms with Crippen molar-refractivity contribution in [3.63, 3.8) is 0 Å². The standard InChI is InChI=1S/C16H30N4O2.HI/c1-3-17-15(18-9-5-6-14-7-8-14)19-10-12-20(13-11-19)16(21)22-4-2;/h14H,3-13H2,1-2H3,(H,17,18);1H. The molecular weight excluding hydrogens is 407 g/mol. The molecule has 2 fully saturated rings. The van der Waals surface area contributed by atoms with Crippen LogP contribution in [0.2, 0.25) is 0 Å². The van der Waals surface area contributed by atoms with E-state index in [1.165, 1.54) is 25.7 Å². The first-order valence-electron chi connectivity index (χ1n) is 8.69. The second-order valence-electron chi connectivity index (χ2n) is 5.99. The molecule has 1 saturated heterocycles. The number of guanidine groups is 1. The molecule has 23 heavy (non-hydrogen) atoms. The number of aliphatic imine (C=N–C) groups is 1. The molecule has 7 heteroatoms. The SMILES string of the molecule is CCNC(=NCCCC1CC1)N1CCN(C(=O)OCC)CC1.I. The van der Waals surface area contributed by atoms with Crippen LogP contribution in [0.1, 0.15) is 39.5 Å². The molecule has 2 aliphatic rings. The van der Waals surface area contributed by atoms with E-state index in [2.05, 4.69) is 17.1 Å². The fraction of sp³-hybridized carbons (Fsp3) is 0.875. The lowest BCUT2D eigenvalue weighted by atomic mass is 10.2. The minimum Gasteiger partial charge on any atom is -0.450 e. The fourth-order valence-electron chi connectivity index (χ4n) is 2.71. The van der Waals surface area contributed by atoms with E-state index < -0.39 is 0 Å². The summed E-state index contributed by atoms with van der Waals surface area (Å²) < 4.78 is 5.05. The van der Waals surface area contributed by atoms with Crippen molar-refractivity contribution in [3.8, 4) is 0 Å². The Balaban J connectivity index is 0.00000264. The molecule has 1 amide bonds. The molecule has 6 nitrogen and oxygen atoms in total. The van der Waals surface area contributed by atoms with Gasteiger partial charge in [0.2, 0.25) is 0 Å². The summed E-state index contributed by atoms with van der Waals surface area (Å²) in [6.07, 6.45) is 5.13. The topological polar surface area (TPSA) is 57.2 Å². The number of carbonyl (C=O) groups is 1. The Hall–Kier alpha value is -0.730. The Kier molecular flexibility index (Phi) is 9.66. The Morgan fingerprint density at radius 3 is 2.39 bits per heavy atom. The summed E-state index contributed by atoms with van der Waals surface area (Å²) in [6, 6.07) is 0. The number of amides is 1. The van der Waals surface area contributed by atoms with Crippen LogP contribution in [0.3, 0.4) is 0 Å². The summed E-state index contributed by atoms with van der Waals surface area (Å²) in [5.41, 5.74) is 0. The van der Waals surface area contributed by atoms with Crippen LogP contribution in [-0.2, 0) is 4.74 Å². The van der Waals surface area contributed by atoms with Gasteiger partial charge in [0.05, 0.1) is 6.61 Å². The number of nitrogens with zero attached hydrogens (tertiary/aromatic N) is 3. The smallest absolute Gasteiger partial charge is 0.409 e. The molecule has 0 radical (unpaired) electrons. The van der Waals surface area contributed by atoms with Crippen LogP contribution >= 0.6 is 24.0 Å². The zero-order chi connectivity index (χ0) is 15.8. The van der Waals surface area contributed by atoms with Crippen molar-refractivity contribution in [2.45, 2.75) is 39.5 Å². The molecule has 0 aromatic carbocycles. The Bertz CT molecular complexity index is 380. The van der Waals surface area contributed by atoms with Crippen molar-refractivity contribution in [1.29, 1.82) is 0 Å². The number of halogens is 1. The van der Waals surface area contributed by atoms with Crippen LogP contribution in [0, 0.1) is 5.92 Å². The maximum Gasteiger partial charge on any atom is 0.409 e. The van der Waals surface area contributed by atoms with E-state index in [4.69, 9.17) is 9.73 Å². The first-order valence-corrected chi connectivity index (χ1v) is 8.69. The monoisotopic (exact) mass is 438 g/mol. The molecule has 0 spiro atoms. The Morgan fingerprint density at radius 1 is 1.17 bits per heavy atom. The molecule has 0 atom stereocenters. The van der Waals surface area contributed by atoms with Crippen LogP contribution in [-0.4, -0.2) is 67.7 Å². The number of piperazine rings is 1. The molecule has 0 bridgehead atoms. The van der Waals surface area contributed by atoms with Gasteiger partial charge in [-0.25, -0.2) is 4.79 Å². The highest BCUT2D eigenvalue weighted by Crippen LogP contribution is 2.33. The summed E-state index contributed by atoms with van der Waals surface area (Å²) in [7, 11) is 0. The van der Waals surface area contributed by atoms with Gasteiger partial charge in [0, 0.05) is 39.3 Å². The summed E-state index contributed by atoms with van der Waals surface area (Å²) in [4.78, 5) is 20.5. The third-order valence-corrected chi connectivity index (χ3v) is 4.17. The fourth-order valence-corrected chi connectivity index (χ4v) is 2.71. The van der Waals surface area contributed by atoms with Crippen LogP contribution < -0.4 is 5.32 Å². The average Bonchev–Trinajstić information content (AvgIpc) is 3.35. The first kappa shape index (κ1) is 20.3. The maximum absolute atomic E-state index is 11.7. The van der Waals surface area contributed by atoms with E-state index >= 15 is 0 Å². The largest absolute Gasteiger partial charge is 0.450 e. The van der Waals surface area contributed by atoms with Gasteiger partial charge >= 0.3 is 6.09 Å². The summed E-state index contributed by atoms with van der Waals surface area (Å²) in [6.45, 7) is 9.16. The van der Waals surface area contributed by atoms with E-state index in [1.807, 2.05) is 6.92 Å². The molecule has 0 unspecified atom stereocenters. The van der Waals surface area contributed by atoms with Gasteiger partial charge in [-0.2, -0.15) is 0 Å². The molecule has 1 aliphatic carbocycles. The summed E-state index contributed by atoms with van der Waals surface area (Å²) >= 11 is 0. The lowest BCUT2D eigenvalue weighted by molar-refractivity contribution is 0.0914. The van der Waals surface area contributed by atoms with Gasteiger partial charge in [-0.3, -0.25) is 4.99 Å². The summed E-state index contributed by atoms with van der Waals surface area (Å²) in [5, 5.41) is 3.37. The number of carbonyl (C=O) groups excluding carboxylic acids is 1. The molecular formula is C16H31IN4O2. The number of nitrogens with one attached hydrogen (secondary N) is 1. The second kappa shape index (κ2) is 10.9. The third kappa shape index (κ3) is 7.14. The molecule has 1 heterocycles. The van der Waals surface area contributed by atoms with Gasteiger partial charge in [-0.15, -0.1) is 24.0 Å². The van der Waals surface area contributed by atoms with Crippen LogP contribution in [0.15, 0.2) is 4.99 Å². The Labute approximate surface area is 157 Å². The first-order chi connectivity index (χ1) is 10.7. The van der Waals surface area contributed by atoms with Gasteiger partial charge < -0.3 is 19.9 Å². The minimum atomic E-state index is -0.200. The molecule has 0 aromatic heterocycles. The quantitative estimate of drug-likeness (QED) is 0.300. The molecule has 1 aliphatic heterocycles. The van der Waals surface area contributed by atoms with Crippen molar-refractivity contribution in [2.24, 2.45) is 10.9 Å². The van der Waals surface area contributed by atoms with E-state index in [0.29, 0.717) is 19.7 Å². The van der Waals surface area contributed by atoms with Crippen molar-refractivity contribution < 1.29 is 9.53 Å². The number of rotatable bonds is 6. The van der Waals surface area contributed by atoms with E-state index in [-0.39, 0.29) is 30.1 Å². The lowest BCUT2D eigenvalue weighted by Crippen LogP contribution is -2.53. The van der Waals surface area contributed by atoms with Gasteiger partial charge in [0.25, 0.3) is 0 Å². The molecule has 2 rings (SSSR count). The lowest BCUT2D eigenvalue weighted by Gasteiger charge is -2.35. The highest BCUT2D eigenvalue weighted by Gasteiger charge is 2.24. The van der Waals surface area contributed by atoms with Gasteiger partial charge in [-0.1, -0.05) is 12.8 Å². The van der Waals surface area contributed by atoms with Crippen molar-refractivity contribution in [1.82, 2.24) is 15.1 Å². The van der Waals surface area contributed by atoms with Crippen LogP contribution in [0.5, 0.6) is 0 Å². The summed E-state index contributed by atoms with van der Waals surface area (Å²) in [5.74, 6) is 1.97. The average molecular weight is 438 g/mol. The van der Waals surface area contributed by atoms with Gasteiger partial charge in [0.1, 0.15) is 0 Å². The molecule has 0 aromatic rings. The number of hydrogen-bond acceptors (Lipinski definition) is 3. The van der Waals surface area contributed by atoms with Gasteiger partial charge in [-0.05, 0) is 32.6 Å². The van der Waals surface area contributed by atoms with Gasteiger partial charge in [0.15, 0.2) is 5.96 Å². The van der Waals surface area contributed by atoms with Crippen LogP contribution in [0.4, 0.5) is 4.79 Å². The van der Waals surface area contributed by atoms with Crippen molar-refractivity contribution in [3.05, 3.63) is 0 Å². The molecule has 1 N–H and O–H groups in total. The normalized spacial score (nSPS) is 18.4. The zero-order valence-corrected chi connectivity index (χ0v) is 16.8. The third-order valence-electron chi connectivity index (χ3n) is 4.17. The predicted molar refractivity (Wildman–Crippen MR) is 104 cm³/mol. The number of ether oxygens (including phenoxy) is 1. The van der Waals surface area contributed by atoms with E-state index in [9.17, 15) is 4.79 Å². The zero-order valence-electron chi connectivity index (χ0n) is 14.4. The second-order valence-corrected chi connectivity index (χ2v) is 5.99. The maximum atomic E-state index is 11.7. The minimum absolute atomic E-state index is 0. The van der Waals surface area contributed by atoms with Crippen molar-refractivity contribution >= 4 is 36.0 Å².